The van der Waals surface area contributed by atoms with Crippen molar-refractivity contribution >= 4 is 23.3 Å². The number of anilines is 1. The molecule has 0 radical (unpaired) electrons. The Bertz CT molecular complexity index is 653. The van der Waals surface area contributed by atoms with Gasteiger partial charge in [-0.2, -0.15) is 0 Å². The largest absolute Gasteiger partial charge is 0.378 e. The van der Waals surface area contributed by atoms with Gasteiger partial charge in [-0.1, -0.05) is 11.8 Å². The number of nitrogens with two attached hydrogens (primary N) is 1. The van der Waals surface area contributed by atoms with Crippen molar-refractivity contribution < 1.29 is 13.7 Å². The van der Waals surface area contributed by atoms with Gasteiger partial charge in [0.25, 0.3) is 0 Å². The molecule has 1 heterocycles. The van der Waals surface area contributed by atoms with Crippen LogP contribution in [0.15, 0.2) is 34.4 Å². The van der Waals surface area contributed by atoms with Gasteiger partial charge in [0.05, 0.1) is 9.82 Å². The second-order valence-corrected chi connectivity index (χ2v) is 4.38. The molecule has 0 aliphatic heterocycles. The molecule has 0 fully saturated rings. The van der Waals surface area contributed by atoms with Crippen LogP contribution in [0.1, 0.15) is 0 Å². The van der Waals surface area contributed by atoms with Gasteiger partial charge >= 0.3 is 5.69 Å². The molecule has 2 rings (SSSR count). The molecule has 2 N–H and O–H groups in total. The van der Waals surface area contributed by atoms with Crippen LogP contribution >= 0.6 is 11.8 Å². The van der Waals surface area contributed by atoms with Crippen LogP contribution < -0.4 is 5.73 Å². The number of nitro groups is 1. The third-order valence-electron chi connectivity index (χ3n) is 2.10. The van der Waals surface area contributed by atoms with E-state index in [1.54, 1.807) is 0 Å². The molecule has 1 aromatic carbocycles. The normalized spacial score (nSPS) is 10.4. The zero-order valence-electron chi connectivity index (χ0n) is 9.21. The molecule has 0 unspecified atom stereocenters. The summed E-state index contributed by atoms with van der Waals surface area (Å²) in [5, 5.41) is 10.7. The average Bonchev–Trinajstić information content (AvgIpc) is 2.33. The highest BCUT2D eigenvalue weighted by atomic mass is 32.2. The number of nitrogen functional groups attached to an aromatic ring is 1. The molecule has 6 nitrogen and oxygen atoms in total. The van der Waals surface area contributed by atoms with Crippen molar-refractivity contribution in [3.8, 4) is 0 Å². The molecule has 0 atom stereocenters. The first-order chi connectivity index (χ1) is 8.99. The van der Waals surface area contributed by atoms with Gasteiger partial charge in [-0.25, -0.2) is 18.7 Å². The van der Waals surface area contributed by atoms with Crippen molar-refractivity contribution in [2.75, 3.05) is 5.73 Å². The molecule has 0 aliphatic carbocycles. The first kappa shape index (κ1) is 13.1. The Morgan fingerprint density at radius 3 is 2.74 bits per heavy atom. The predicted molar refractivity (Wildman–Crippen MR) is 63.6 cm³/mol. The second kappa shape index (κ2) is 5.14. The van der Waals surface area contributed by atoms with E-state index in [4.69, 9.17) is 5.73 Å². The maximum absolute atomic E-state index is 13.5. The number of nitrogens with zero attached hydrogens (tertiary/aromatic N) is 3. The number of rotatable bonds is 3. The number of halogens is 2. The monoisotopic (exact) mass is 284 g/mol. The summed E-state index contributed by atoms with van der Waals surface area (Å²) in [6, 6.07) is 2.79. The maximum Gasteiger partial charge on any atom is 0.343 e. The van der Waals surface area contributed by atoms with Crippen molar-refractivity contribution in [2.45, 2.75) is 9.92 Å². The molecule has 0 bridgehead atoms. The van der Waals surface area contributed by atoms with Crippen LogP contribution in [0.25, 0.3) is 0 Å². The lowest BCUT2D eigenvalue weighted by Crippen LogP contribution is -2.02. The first-order valence-corrected chi connectivity index (χ1v) is 5.68. The van der Waals surface area contributed by atoms with Crippen LogP contribution in [0, 0.1) is 21.7 Å². The molecule has 0 spiro atoms. The van der Waals surface area contributed by atoms with Crippen LogP contribution in [0.2, 0.25) is 0 Å². The molecule has 2 aromatic rings. The van der Waals surface area contributed by atoms with E-state index in [1.165, 1.54) is 0 Å². The first-order valence-electron chi connectivity index (χ1n) is 4.87. The van der Waals surface area contributed by atoms with Crippen LogP contribution in [0.4, 0.5) is 20.3 Å². The van der Waals surface area contributed by atoms with Gasteiger partial charge < -0.3 is 5.73 Å². The van der Waals surface area contributed by atoms with Gasteiger partial charge in [-0.05, 0) is 18.2 Å². The van der Waals surface area contributed by atoms with E-state index in [9.17, 15) is 18.9 Å². The molecule has 0 amide bonds. The van der Waals surface area contributed by atoms with Gasteiger partial charge in [0.2, 0.25) is 5.82 Å². The SMILES string of the molecule is Nc1ncnc(Sc2cc(F)ccc2F)c1[N+](=O)[O-]. The summed E-state index contributed by atoms with van der Waals surface area (Å²) < 4.78 is 26.5. The molecule has 98 valence electrons. The van der Waals surface area contributed by atoms with Crippen LogP contribution in [0.3, 0.4) is 0 Å². The smallest absolute Gasteiger partial charge is 0.343 e. The zero-order valence-corrected chi connectivity index (χ0v) is 10.0. The Kier molecular flexibility index (Phi) is 3.56. The Morgan fingerprint density at radius 1 is 1.32 bits per heavy atom. The summed E-state index contributed by atoms with van der Waals surface area (Å²) >= 11 is 0.610. The highest BCUT2D eigenvalue weighted by molar-refractivity contribution is 7.99. The third kappa shape index (κ3) is 2.76. The molecular formula is C10H6F2N4O2S. The topological polar surface area (TPSA) is 94.9 Å². The van der Waals surface area contributed by atoms with Crippen LogP contribution in [-0.4, -0.2) is 14.9 Å². The fourth-order valence-corrected chi connectivity index (χ4v) is 2.20. The van der Waals surface area contributed by atoms with Crippen LogP contribution in [-0.2, 0) is 0 Å². The van der Waals surface area contributed by atoms with E-state index in [1.807, 2.05) is 0 Å². The summed E-state index contributed by atoms with van der Waals surface area (Å²) in [5.74, 6) is -1.70. The molecule has 0 saturated heterocycles. The summed E-state index contributed by atoms with van der Waals surface area (Å²) in [5.41, 5.74) is 4.84. The summed E-state index contributed by atoms with van der Waals surface area (Å²) in [7, 11) is 0. The minimum absolute atomic E-state index is 0.124. The second-order valence-electron chi connectivity index (χ2n) is 3.35. The highest BCUT2D eigenvalue weighted by Crippen LogP contribution is 2.36. The summed E-state index contributed by atoms with van der Waals surface area (Å²) in [4.78, 5) is 17.1. The molecule has 9 heteroatoms. The van der Waals surface area contributed by atoms with Gasteiger partial charge in [-0.15, -0.1) is 0 Å². The molecular weight excluding hydrogens is 278 g/mol. The predicted octanol–water partition coefficient (Wildman–Crippen LogP) is 2.40. The zero-order chi connectivity index (χ0) is 14.0. The number of hydrogen-bond acceptors (Lipinski definition) is 6. The Labute approximate surface area is 109 Å². The van der Waals surface area contributed by atoms with Crippen molar-refractivity contribution in [3.63, 3.8) is 0 Å². The van der Waals surface area contributed by atoms with Crippen LogP contribution in [0.5, 0.6) is 0 Å². The van der Waals surface area contributed by atoms with Crippen molar-refractivity contribution in [1.82, 2.24) is 9.97 Å². The standard InChI is InChI=1S/C10H6F2N4O2S/c11-5-1-2-6(12)7(3-5)19-10-8(16(17)18)9(13)14-4-15-10/h1-4H,(H2,13,14,15). The highest BCUT2D eigenvalue weighted by Gasteiger charge is 2.22. The van der Waals surface area contributed by atoms with Crippen molar-refractivity contribution in [3.05, 3.63) is 46.3 Å². The van der Waals surface area contributed by atoms with E-state index in [0.717, 1.165) is 24.5 Å². The fourth-order valence-electron chi connectivity index (χ4n) is 1.28. The summed E-state index contributed by atoms with van der Waals surface area (Å²) in [6.07, 6.45) is 1.02. The Balaban J connectivity index is 2.46. The number of hydrogen-bond donors (Lipinski definition) is 1. The van der Waals surface area contributed by atoms with Gasteiger partial charge in [0.1, 0.15) is 18.0 Å². The van der Waals surface area contributed by atoms with Gasteiger partial charge in [0.15, 0.2) is 5.03 Å². The summed E-state index contributed by atoms with van der Waals surface area (Å²) in [6.45, 7) is 0. The Hall–Kier alpha value is -2.29. The lowest BCUT2D eigenvalue weighted by Gasteiger charge is -2.04. The van der Waals surface area contributed by atoms with Crippen molar-refractivity contribution in [1.29, 1.82) is 0 Å². The van der Waals surface area contributed by atoms with Gasteiger partial charge in [-0.3, -0.25) is 10.1 Å². The lowest BCUT2D eigenvalue weighted by molar-refractivity contribution is -0.387. The maximum atomic E-state index is 13.5. The Morgan fingerprint density at radius 2 is 2.05 bits per heavy atom. The van der Waals surface area contributed by atoms with E-state index >= 15 is 0 Å². The fraction of sp³-hybridized carbons (Fsp3) is 0. The minimum atomic E-state index is -0.769. The van der Waals surface area contributed by atoms with Crippen molar-refractivity contribution in [2.24, 2.45) is 0 Å². The van der Waals surface area contributed by atoms with E-state index in [2.05, 4.69) is 9.97 Å². The third-order valence-corrected chi connectivity index (χ3v) is 3.12. The molecule has 1 aromatic heterocycles. The minimum Gasteiger partial charge on any atom is -0.378 e. The lowest BCUT2D eigenvalue weighted by atomic mass is 10.3. The molecule has 0 aliphatic rings. The average molecular weight is 284 g/mol. The molecule has 19 heavy (non-hydrogen) atoms. The molecule has 0 saturated carbocycles. The van der Waals surface area contributed by atoms with E-state index < -0.39 is 22.2 Å². The van der Waals surface area contributed by atoms with E-state index in [0.29, 0.717) is 11.8 Å². The number of benzene rings is 1. The number of aromatic nitrogens is 2. The van der Waals surface area contributed by atoms with Gasteiger partial charge in [0, 0.05) is 0 Å². The quantitative estimate of drug-likeness (QED) is 0.528. The van der Waals surface area contributed by atoms with E-state index in [-0.39, 0.29) is 15.7 Å².